The van der Waals surface area contributed by atoms with Crippen LogP contribution in [0.25, 0.3) is 22.1 Å². The highest BCUT2D eigenvalue weighted by atomic mass is 32.2. The van der Waals surface area contributed by atoms with Crippen molar-refractivity contribution in [2.45, 2.75) is 37.5 Å². The second-order valence-corrected chi connectivity index (χ2v) is 10.8. The standard InChI is InChI=1S/C20H18N2O2.C8H10O3S/c23-20-17(13-5-7-21-8-6-13)12-15-11-14-3-1-9-22-10-2-4-16(18(14)22)19(15)24-20;1-7-3-5-8(6-4-7)12(9,10)11-2/h5-8,11-12H,1-4,9-10H2;3-6H,1-2H3. The van der Waals surface area contributed by atoms with Crippen molar-refractivity contribution in [3.63, 3.8) is 0 Å². The summed E-state index contributed by atoms with van der Waals surface area (Å²) in [7, 11) is -2.37. The SMILES string of the molecule is COS(=O)(=O)c1ccc(C)cc1.O=c1oc2c3c4c(cc2cc1-c1ccncc1)CCCN4CCC3. The molecule has 8 heteroatoms. The van der Waals surface area contributed by atoms with Gasteiger partial charge >= 0.3 is 5.63 Å². The van der Waals surface area contributed by atoms with Gasteiger partial charge in [-0.05, 0) is 80.1 Å². The molecule has 0 unspecified atom stereocenters. The number of nitrogens with zero attached hydrogens (tertiary/aromatic N) is 2. The van der Waals surface area contributed by atoms with E-state index in [1.165, 1.54) is 35.4 Å². The zero-order chi connectivity index (χ0) is 25.3. The van der Waals surface area contributed by atoms with Crippen molar-refractivity contribution in [2.75, 3.05) is 25.1 Å². The molecule has 2 aliphatic rings. The first kappa shape index (κ1) is 24.2. The third-order valence-corrected chi connectivity index (χ3v) is 8.02. The number of aromatic nitrogens is 1. The lowest BCUT2D eigenvalue weighted by Crippen LogP contribution is -2.34. The van der Waals surface area contributed by atoms with E-state index in [9.17, 15) is 13.2 Å². The number of benzene rings is 2. The fraction of sp³-hybridized carbons (Fsp3) is 0.286. The molecule has 0 saturated heterocycles. The van der Waals surface area contributed by atoms with Gasteiger partial charge in [-0.15, -0.1) is 0 Å². The number of aryl methyl sites for hydroxylation is 3. The van der Waals surface area contributed by atoms with Gasteiger partial charge in [0.05, 0.1) is 17.6 Å². The molecule has 0 fully saturated rings. The molecule has 4 aromatic rings. The molecule has 186 valence electrons. The van der Waals surface area contributed by atoms with Crippen LogP contribution in [0.4, 0.5) is 5.69 Å². The van der Waals surface area contributed by atoms with E-state index in [4.69, 9.17) is 4.42 Å². The van der Waals surface area contributed by atoms with Crippen LogP contribution in [0.3, 0.4) is 0 Å². The molecule has 0 spiro atoms. The molecule has 0 bridgehead atoms. The third-order valence-electron chi connectivity index (χ3n) is 6.74. The van der Waals surface area contributed by atoms with E-state index in [0.29, 0.717) is 5.56 Å². The predicted octanol–water partition coefficient (Wildman–Crippen LogP) is 4.88. The minimum atomic E-state index is -3.51. The molecule has 0 radical (unpaired) electrons. The van der Waals surface area contributed by atoms with E-state index >= 15 is 0 Å². The van der Waals surface area contributed by atoms with Gasteiger partial charge in [-0.1, -0.05) is 17.7 Å². The molecule has 0 atom stereocenters. The van der Waals surface area contributed by atoms with E-state index < -0.39 is 10.1 Å². The number of hydrogen-bond donors (Lipinski definition) is 0. The number of fused-ring (bicyclic) bond motifs is 2. The molecule has 0 aliphatic carbocycles. The van der Waals surface area contributed by atoms with Crippen molar-refractivity contribution in [1.29, 1.82) is 0 Å². The molecule has 4 heterocycles. The van der Waals surface area contributed by atoms with Crippen LogP contribution in [0.15, 0.2) is 75.0 Å². The van der Waals surface area contributed by atoms with E-state index in [1.807, 2.05) is 25.1 Å². The quantitative estimate of drug-likeness (QED) is 0.290. The summed E-state index contributed by atoms with van der Waals surface area (Å²) in [6.07, 6.45) is 7.83. The maximum absolute atomic E-state index is 12.6. The first-order valence-electron chi connectivity index (χ1n) is 12.0. The van der Waals surface area contributed by atoms with Gasteiger partial charge in [-0.25, -0.2) is 4.79 Å². The van der Waals surface area contributed by atoms with E-state index in [2.05, 4.69) is 20.1 Å². The lowest BCUT2D eigenvalue weighted by Gasteiger charge is -2.37. The highest BCUT2D eigenvalue weighted by molar-refractivity contribution is 7.86. The van der Waals surface area contributed by atoms with Crippen LogP contribution in [0.5, 0.6) is 0 Å². The average molecular weight is 505 g/mol. The largest absolute Gasteiger partial charge is 0.422 e. The maximum Gasteiger partial charge on any atom is 0.344 e. The minimum Gasteiger partial charge on any atom is -0.422 e. The Labute approximate surface area is 210 Å². The summed E-state index contributed by atoms with van der Waals surface area (Å²) < 4.78 is 32.3. The molecule has 0 amide bonds. The van der Waals surface area contributed by atoms with E-state index in [-0.39, 0.29) is 10.5 Å². The van der Waals surface area contributed by atoms with Crippen molar-refractivity contribution < 1.29 is 17.0 Å². The highest BCUT2D eigenvalue weighted by Gasteiger charge is 2.27. The van der Waals surface area contributed by atoms with Crippen molar-refractivity contribution in [1.82, 2.24) is 4.98 Å². The fourth-order valence-electron chi connectivity index (χ4n) is 4.98. The molecule has 0 N–H and O–H groups in total. The Morgan fingerprint density at radius 3 is 2.36 bits per heavy atom. The van der Waals surface area contributed by atoms with Gasteiger partial charge < -0.3 is 9.32 Å². The summed E-state index contributed by atoms with van der Waals surface area (Å²) in [6.45, 7) is 4.12. The van der Waals surface area contributed by atoms with Gasteiger partial charge in [-0.3, -0.25) is 9.17 Å². The van der Waals surface area contributed by atoms with Crippen molar-refractivity contribution in [3.05, 3.63) is 88.0 Å². The van der Waals surface area contributed by atoms with Gasteiger partial charge in [0.1, 0.15) is 5.58 Å². The second kappa shape index (κ2) is 9.87. The monoisotopic (exact) mass is 504 g/mol. The van der Waals surface area contributed by atoms with Gasteiger partial charge in [0, 0.05) is 42.1 Å². The van der Waals surface area contributed by atoms with Crippen molar-refractivity contribution >= 4 is 26.8 Å². The number of pyridine rings is 1. The molecule has 6 rings (SSSR count). The number of hydrogen-bond acceptors (Lipinski definition) is 7. The molecular formula is C28H28N2O5S. The Balaban J connectivity index is 0.000000189. The zero-order valence-corrected chi connectivity index (χ0v) is 21.2. The lowest BCUT2D eigenvalue weighted by atomic mass is 9.89. The fourth-order valence-corrected chi connectivity index (χ4v) is 5.64. The summed E-state index contributed by atoms with van der Waals surface area (Å²) in [4.78, 5) is 19.3. The van der Waals surface area contributed by atoms with Crippen molar-refractivity contribution in [3.8, 4) is 11.1 Å². The van der Waals surface area contributed by atoms with Crippen LogP contribution in [0.2, 0.25) is 0 Å². The van der Waals surface area contributed by atoms with Crippen molar-refractivity contribution in [2.24, 2.45) is 0 Å². The Morgan fingerprint density at radius 2 is 1.67 bits per heavy atom. The minimum absolute atomic E-state index is 0.190. The predicted molar refractivity (Wildman–Crippen MR) is 140 cm³/mol. The Morgan fingerprint density at radius 1 is 0.972 bits per heavy atom. The van der Waals surface area contributed by atoms with Gasteiger partial charge in [0.25, 0.3) is 10.1 Å². The summed E-state index contributed by atoms with van der Waals surface area (Å²) >= 11 is 0. The summed E-state index contributed by atoms with van der Waals surface area (Å²) in [5, 5.41) is 1.04. The van der Waals surface area contributed by atoms with Crippen LogP contribution in [-0.4, -0.2) is 33.6 Å². The molecule has 2 aliphatic heterocycles. The summed E-state index contributed by atoms with van der Waals surface area (Å²) in [5.74, 6) is 0. The Hall–Kier alpha value is -3.49. The normalized spacial score (nSPS) is 14.7. The molecule has 2 aromatic carbocycles. The van der Waals surface area contributed by atoms with Crippen LogP contribution < -0.4 is 10.5 Å². The summed E-state index contributed by atoms with van der Waals surface area (Å²) in [6, 6.07) is 14.4. The summed E-state index contributed by atoms with van der Waals surface area (Å²) in [5.41, 5.74) is 6.96. The van der Waals surface area contributed by atoms with Gasteiger partial charge in [0.2, 0.25) is 0 Å². The molecule has 36 heavy (non-hydrogen) atoms. The molecule has 7 nitrogen and oxygen atoms in total. The first-order valence-corrected chi connectivity index (χ1v) is 13.4. The highest BCUT2D eigenvalue weighted by Crippen LogP contribution is 2.40. The van der Waals surface area contributed by atoms with Crippen LogP contribution in [-0.2, 0) is 27.1 Å². The molecule has 2 aromatic heterocycles. The van der Waals surface area contributed by atoms with Gasteiger partial charge in [0.15, 0.2) is 0 Å². The second-order valence-electron chi connectivity index (χ2n) is 9.09. The van der Waals surface area contributed by atoms with Crippen LogP contribution >= 0.6 is 0 Å². The lowest BCUT2D eigenvalue weighted by molar-refractivity contribution is 0.398. The van der Waals surface area contributed by atoms with Crippen LogP contribution in [0, 0.1) is 6.92 Å². The number of anilines is 1. The average Bonchev–Trinajstić information content (AvgIpc) is 2.90. The van der Waals surface area contributed by atoms with E-state index in [0.717, 1.165) is 61.6 Å². The third kappa shape index (κ3) is 4.66. The number of rotatable bonds is 3. The van der Waals surface area contributed by atoms with Gasteiger partial charge in [-0.2, -0.15) is 8.42 Å². The Kier molecular flexibility index (Phi) is 6.64. The molecular weight excluding hydrogens is 476 g/mol. The smallest absolute Gasteiger partial charge is 0.344 e. The first-order chi connectivity index (χ1) is 17.4. The Bertz CT molecular complexity index is 1560. The molecule has 0 saturated carbocycles. The van der Waals surface area contributed by atoms with Crippen LogP contribution in [0.1, 0.15) is 29.5 Å². The topological polar surface area (TPSA) is 89.7 Å². The zero-order valence-electron chi connectivity index (χ0n) is 20.4. The van der Waals surface area contributed by atoms with E-state index in [1.54, 1.807) is 24.5 Å². The maximum atomic E-state index is 12.6.